The topological polar surface area (TPSA) is 46.4 Å². The van der Waals surface area contributed by atoms with E-state index < -0.39 is 17.1 Å². The van der Waals surface area contributed by atoms with Crippen LogP contribution in [0, 0.1) is 11.1 Å². The van der Waals surface area contributed by atoms with Crippen molar-refractivity contribution in [1.29, 1.82) is 0 Å². The third kappa shape index (κ3) is 2.27. The standard InChI is InChI=1S/C17H24N2O2/c1-12(14(20)13-10-8-7-9-11-13)15-16(2,3)18(6)17(4,5)19(15)21/h7-12H,1-6H3. The number of nitrogens with zero attached hydrogens (tertiary/aromatic N) is 2. The molecule has 1 atom stereocenters. The van der Waals surface area contributed by atoms with Gasteiger partial charge < -0.3 is 5.21 Å². The lowest BCUT2D eigenvalue weighted by atomic mass is 9.84. The lowest BCUT2D eigenvalue weighted by Gasteiger charge is -2.32. The Kier molecular flexibility index (Phi) is 3.70. The highest BCUT2D eigenvalue weighted by atomic mass is 16.5. The molecule has 0 aromatic heterocycles. The van der Waals surface area contributed by atoms with Crippen LogP contribution in [0.15, 0.2) is 30.3 Å². The molecule has 1 aromatic rings. The Bertz CT molecular complexity index is 588. The van der Waals surface area contributed by atoms with Gasteiger partial charge in [0.25, 0.3) is 0 Å². The molecule has 2 rings (SSSR count). The van der Waals surface area contributed by atoms with Crippen molar-refractivity contribution in [2.75, 3.05) is 7.05 Å². The van der Waals surface area contributed by atoms with Crippen LogP contribution >= 0.6 is 0 Å². The number of carbonyl (C=O) groups excluding carboxylic acids is 1. The summed E-state index contributed by atoms with van der Waals surface area (Å²) in [7, 11) is 1.93. The van der Waals surface area contributed by atoms with Gasteiger partial charge in [-0.2, -0.15) is 4.74 Å². The van der Waals surface area contributed by atoms with Crippen LogP contribution in [0.2, 0.25) is 0 Å². The maximum absolute atomic E-state index is 12.7. The highest BCUT2D eigenvalue weighted by Crippen LogP contribution is 2.35. The maximum atomic E-state index is 12.7. The molecule has 0 radical (unpaired) electrons. The first kappa shape index (κ1) is 15.7. The van der Waals surface area contributed by atoms with E-state index in [0.717, 1.165) is 4.74 Å². The van der Waals surface area contributed by atoms with Crippen LogP contribution in [0.1, 0.15) is 45.0 Å². The number of hydroxylamine groups is 1. The van der Waals surface area contributed by atoms with E-state index in [2.05, 4.69) is 0 Å². The van der Waals surface area contributed by atoms with Crippen molar-refractivity contribution in [2.24, 2.45) is 5.92 Å². The van der Waals surface area contributed by atoms with Gasteiger partial charge in [0, 0.05) is 19.4 Å². The van der Waals surface area contributed by atoms with E-state index in [0.29, 0.717) is 11.3 Å². The largest absolute Gasteiger partial charge is 0.622 e. The number of benzene rings is 1. The van der Waals surface area contributed by atoms with Gasteiger partial charge >= 0.3 is 0 Å². The van der Waals surface area contributed by atoms with Gasteiger partial charge in [-0.1, -0.05) is 30.3 Å². The molecule has 1 aromatic carbocycles. The van der Waals surface area contributed by atoms with E-state index in [9.17, 15) is 10.0 Å². The van der Waals surface area contributed by atoms with Gasteiger partial charge in [0.2, 0.25) is 5.66 Å². The summed E-state index contributed by atoms with van der Waals surface area (Å²) >= 11 is 0. The van der Waals surface area contributed by atoms with Crippen LogP contribution in [0.4, 0.5) is 0 Å². The second-order valence-electron chi connectivity index (χ2n) is 6.74. The minimum atomic E-state index is -0.649. The average molecular weight is 288 g/mol. The van der Waals surface area contributed by atoms with Gasteiger partial charge in [-0.3, -0.25) is 4.79 Å². The normalized spacial score (nSPS) is 22.4. The Labute approximate surface area is 126 Å². The Morgan fingerprint density at radius 2 is 1.71 bits per heavy atom. The van der Waals surface area contributed by atoms with E-state index in [1.54, 1.807) is 12.1 Å². The van der Waals surface area contributed by atoms with Crippen LogP contribution in [0.3, 0.4) is 0 Å². The van der Waals surface area contributed by atoms with Gasteiger partial charge in [-0.15, -0.1) is 0 Å². The van der Waals surface area contributed by atoms with Crippen molar-refractivity contribution < 1.29 is 9.53 Å². The molecule has 1 heterocycles. The molecule has 0 saturated heterocycles. The quantitative estimate of drug-likeness (QED) is 0.488. The van der Waals surface area contributed by atoms with Gasteiger partial charge in [0.1, 0.15) is 11.5 Å². The van der Waals surface area contributed by atoms with Crippen molar-refractivity contribution in [3.63, 3.8) is 0 Å². The van der Waals surface area contributed by atoms with Crippen LogP contribution in [-0.2, 0) is 0 Å². The van der Waals surface area contributed by atoms with E-state index in [1.807, 2.05) is 64.8 Å². The number of hydrogen-bond acceptors (Lipinski definition) is 3. The second-order valence-corrected chi connectivity index (χ2v) is 6.74. The fraction of sp³-hybridized carbons (Fsp3) is 0.529. The molecule has 1 unspecified atom stereocenters. The molecule has 1 aliphatic rings. The van der Waals surface area contributed by atoms with E-state index in [-0.39, 0.29) is 5.78 Å². The maximum Gasteiger partial charge on any atom is 0.224 e. The van der Waals surface area contributed by atoms with Gasteiger partial charge in [0.05, 0.1) is 0 Å². The number of rotatable bonds is 3. The zero-order valence-electron chi connectivity index (χ0n) is 13.7. The molecule has 4 heteroatoms. The number of carbonyl (C=O) groups is 1. The van der Waals surface area contributed by atoms with E-state index in [1.165, 1.54) is 0 Å². The first-order valence-corrected chi connectivity index (χ1v) is 7.29. The smallest absolute Gasteiger partial charge is 0.224 e. The molecular weight excluding hydrogens is 264 g/mol. The van der Waals surface area contributed by atoms with E-state index in [4.69, 9.17) is 0 Å². The predicted octanol–water partition coefficient (Wildman–Crippen LogP) is 2.92. The number of ketones is 1. The summed E-state index contributed by atoms with van der Waals surface area (Å²) < 4.78 is 1.01. The molecule has 0 spiro atoms. The van der Waals surface area contributed by atoms with Crippen molar-refractivity contribution >= 4 is 11.5 Å². The molecular formula is C17H24N2O2. The van der Waals surface area contributed by atoms with Crippen molar-refractivity contribution in [3.8, 4) is 0 Å². The van der Waals surface area contributed by atoms with Crippen LogP contribution in [-0.4, -0.2) is 39.4 Å². The summed E-state index contributed by atoms with van der Waals surface area (Å²) in [6.45, 7) is 9.59. The Morgan fingerprint density at radius 1 is 1.19 bits per heavy atom. The summed E-state index contributed by atoms with van der Waals surface area (Å²) in [5.41, 5.74) is 0.178. The molecule has 1 aliphatic heterocycles. The van der Waals surface area contributed by atoms with Crippen molar-refractivity contribution in [3.05, 3.63) is 41.1 Å². The minimum Gasteiger partial charge on any atom is -0.622 e. The fourth-order valence-corrected chi connectivity index (χ4v) is 3.22. The summed E-state index contributed by atoms with van der Waals surface area (Å²) in [5.74, 6) is -0.449. The Morgan fingerprint density at radius 3 is 2.14 bits per heavy atom. The van der Waals surface area contributed by atoms with E-state index >= 15 is 0 Å². The fourth-order valence-electron chi connectivity index (χ4n) is 3.22. The number of Topliss-reactive ketones (excluding diaryl/α,β-unsaturated/α-hetero) is 1. The zero-order valence-corrected chi connectivity index (χ0v) is 13.7. The summed E-state index contributed by atoms with van der Waals surface area (Å²) in [5, 5.41) is 12.7. The first-order valence-electron chi connectivity index (χ1n) is 7.29. The number of hydrogen-bond donors (Lipinski definition) is 0. The molecule has 0 fully saturated rings. The highest BCUT2D eigenvalue weighted by Gasteiger charge is 2.56. The van der Waals surface area contributed by atoms with Crippen molar-refractivity contribution in [2.45, 2.75) is 45.8 Å². The first-order chi connectivity index (χ1) is 9.61. The van der Waals surface area contributed by atoms with Crippen molar-refractivity contribution in [1.82, 2.24) is 4.90 Å². The van der Waals surface area contributed by atoms with Gasteiger partial charge in [-0.05, 0) is 27.8 Å². The molecule has 0 amide bonds. The summed E-state index contributed by atoms with van der Waals surface area (Å²) in [6.07, 6.45) is 0. The Hall–Kier alpha value is -1.68. The minimum absolute atomic E-state index is 0.00868. The second kappa shape index (κ2) is 4.95. The third-order valence-electron chi connectivity index (χ3n) is 4.86. The lowest BCUT2D eigenvalue weighted by Crippen LogP contribution is -2.51. The third-order valence-corrected chi connectivity index (χ3v) is 4.86. The highest BCUT2D eigenvalue weighted by molar-refractivity contribution is 6.13. The predicted molar refractivity (Wildman–Crippen MR) is 84.5 cm³/mol. The Balaban J connectivity index is 2.45. The van der Waals surface area contributed by atoms with Crippen LogP contribution < -0.4 is 0 Å². The zero-order chi connectivity index (χ0) is 16.0. The van der Waals surface area contributed by atoms with Crippen LogP contribution in [0.25, 0.3) is 0 Å². The molecule has 114 valence electrons. The molecule has 0 saturated carbocycles. The van der Waals surface area contributed by atoms with Crippen LogP contribution in [0.5, 0.6) is 0 Å². The average Bonchev–Trinajstić information content (AvgIpc) is 2.56. The molecule has 0 aliphatic carbocycles. The van der Waals surface area contributed by atoms with Gasteiger partial charge in [0.15, 0.2) is 11.5 Å². The summed E-state index contributed by atoms with van der Waals surface area (Å²) in [6, 6.07) is 9.16. The lowest BCUT2D eigenvalue weighted by molar-refractivity contribution is -0.557. The summed E-state index contributed by atoms with van der Waals surface area (Å²) in [4.78, 5) is 14.7. The molecule has 0 bridgehead atoms. The SMILES string of the molecule is CC(C(=O)c1ccccc1)C1=[N+]([O-])C(C)(C)N(C)C1(C)C. The monoisotopic (exact) mass is 288 g/mol. The van der Waals surface area contributed by atoms with Gasteiger partial charge in [-0.25, -0.2) is 4.90 Å². The molecule has 21 heavy (non-hydrogen) atoms. The molecule has 4 nitrogen and oxygen atoms in total. The molecule has 0 N–H and O–H groups in total.